The quantitative estimate of drug-likeness (QED) is 0.856. The second-order valence-corrected chi connectivity index (χ2v) is 4.49. The van der Waals surface area contributed by atoms with Gasteiger partial charge in [0.25, 0.3) is 0 Å². The maximum Gasteiger partial charge on any atom is 0.416 e. The molecule has 0 saturated carbocycles. The van der Waals surface area contributed by atoms with Gasteiger partial charge in [-0.2, -0.15) is 13.2 Å². The first-order valence-corrected chi connectivity index (χ1v) is 5.91. The van der Waals surface area contributed by atoms with E-state index in [9.17, 15) is 13.2 Å². The number of benzene rings is 2. The molecule has 0 amide bonds. The number of rotatable bonds is 2. The van der Waals surface area contributed by atoms with Gasteiger partial charge < -0.3 is 5.73 Å². The minimum absolute atomic E-state index is 0.0540. The zero-order valence-corrected chi connectivity index (χ0v) is 10.4. The summed E-state index contributed by atoms with van der Waals surface area (Å²) in [6, 6.07) is 12.6. The van der Waals surface area contributed by atoms with Gasteiger partial charge in [0.15, 0.2) is 0 Å². The Kier molecular flexibility index (Phi) is 3.62. The minimum Gasteiger partial charge on any atom is -0.324 e. The highest BCUT2D eigenvalue weighted by atomic mass is 19.4. The van der Waals surface area contributed by atoms with Gasteiger partial charge in [0.1, 0.15) is 0 Å². The molecule has 19 heavy (non-hydrogen) atoms. The topological polar surface area (TPSA) is 26.0 Å². The first-order chi connectivity index (χ1) is 8.88. The summed E-state index contributed by atoms with van der Waals surface area (Å²) in [5, 5.41) is 0. The van der Waals surface area contributed by atoms with Gasteiger partial charge in [0, 0.05) is 6.04 Å². The molecule has 4 heteroatoms. The molecule has 2 rings (SSSR count). The van der Waals surface area contributed by atoms with E-state index in [0.29, 0.717) is 0 Å². The van der Waals surface area contributed by atoms with Crippen molar-refractivity contribution in [3.63, 3.8) is 0 Å². The summed E-state index contributed by atoms with van der Waals surface area (Å²) in [6.45, 7) is 1.88. The van der Waals surface area contributed by atoms with Gasteiger partial charge in [0.2, 0.25) is 0 Å². The van der Waals surface area contributed by atoms with Crippen molar-refractivity contribution < 1.29 is 13.2 Å². The zero-order chi connectivity index (χ0) is 14.0. The normalized spacial score (nSPS) is 13.3. The maximum atomic E-state index is 12.4. The predicted molar refractivity (Wildman–Crippen MR) is 69.5 cm³/mol. The Morgan fingerprint density at radius 3 is 1.63 bits per heavy atom. The minimum atomic E-state index is -4.29. The van der Waals surface area contributed by atoms with Crippen LogP contribution in [0.2, 0.25) is 0 Å². The fourth-order valence-electron chi connectivity index (χ4n) is 1.83. The van der Waals surface area contributed by atoms with Gasteiger partial charge in [-0.3, -0.25) is 0 Å². The summed E-state index contributed by atoms with van der Waals surface area (Å²) in [6.07, 6.45) is -4.29. The third-order valence-electron chi connectivity index (χ3n) is 2.98. The molecular formula is C15H14F3N. The zero-order valence-electron chi connectivity index (χ0n) is 10.4. The van der Waals surface area contributed by atoms with Crippen LogP contribution in [0.25, 0.3) is 11.1 Å². The Morgan fingerprint density at radius 2 is 1.26 bits per heavy atom. The molecule has 2 aromatic carbocycles. The lowest BCUT2D eigenvalue weighted by Crippen LogP contribution is -2.04. The molecule has 0 aliphatic carbocycles. The third kappa shape index (κ3) is 3.15. The highest BCUT2D eigenvalue weighted by Crippen LogP contribution is 2.31. The van der Waals surface area contributed by atoms with Crippen molar-refractivity contribution in [1.82, 2.24) is 0 Å². The van der Waals surface area contributed by atoms with Crippen LogP contribution in [-0.2, 0) is 6.18 Å². The second kappa shape index (κ2) is 5.05. The highest BCUT2D eigenvalue weighted by molar-refractivity contribution is 5.64. The summed E-state index contributed by atoms with van der Waals surface area (Å²) < 4.78 is 37.3. The van der Waals surface area contributed by atoms with Gasteiger partial charge in [-0.15, -0.1) is 0 Å². The van der Waals surface area contributed by atoms with Crippen LogP contribution in [-0.4, -0.2) is 0 Å². The molecule has 1 nitrogen and oxygen atoms in total. The number of nitrogens with two attached hydrogens (primary N) is 1. The lowest BCUT2D eigenvalue weighted by atomic mass is 10.0. The van der Waals surface area contributed by atoms with Crippen LogP contribution < -0.4 is 5.73 Å². The van der Waals surface area contributed by atoms with E-state index >= 15 is 0 Å². The van der Waals surface area contributed by atoms with Crippen LogP contribution in [0.3, 0.4) is 0 Å². The summed E-state index contributed by atoms with van der Waals surface area (Å²) in [5.41, 5.74) is 7.73. The van der Waals surface area contributed by atoms with Gasteiger partial charge >= 0.3 is 6.18 Å². The van der Waals surface area contributed by atoms with Crippen molar-refractivity contribution in [3.05, 3.63) is 59.7 Å². The van der Waals surface area contributed by atoms with Crippen molar-refractivity contribution in [2.24, 2.45) is 5.73 Å². The Hall–Kier alpha value is -1.81. The molecule has 0 aliphatic rings. The van der Waals surface area contributed by atoms with Crippen molar-refractivity contribution in [1.29, 1.82) is 0 Å². The first kappa shape index (κ1) is 13.6. The Morgan fingerprint density at radius 1 is 0.842 bits per heavy atom. The summed E-state index contributed by atoms with van der Waals surface area (Å²) in [5.74, 6) is 0. The van der Waals surface area contributed by atoms with E-state index in [-0.39, 0.29) is 6.04 Å². The van der Waals surface area contributed by atoms with Crippen LogP contribution in [0, 0.1) is 0 Å². The van der Waals surface area contributed by atoms with Crippen LogP contribution >= 0.6 is 0 Å². The van der Waals surface area contributed by atoms with Gasteiger partial charge in [-0.1, -0.05) is 36.4 Å². The SMILES string of the molecule is C[C@H](N)c1ccc(-c2ccc(C(F)(F)F)cc2)cc1. The lowest BCUT2D eigenvalue weighted by molar-refractivity contribution is -0.137. The largest absolute Gasteiger partial charge is 0.416 e. The first-order valence-electron chi connectivity index (χ1n) is 5.91. The molecule has 0 spiro atoms. The summed E-state index contributed by atoms with van der Waals surface area (Å²) in [4.78, 5) is 0. The molecule has 0 unspecified atom stereocenters. The Balaban J connectivity index is 2.27. The van der Waals surface area contributed by atoms with Gasteiger partial charge in [-0.25, -0.2) is 0 Å². The van der Waals surface area contributed by atoms with Crippen molar-refractivity contribution in [3.8, 4) is 11.1 Å². The summed E-state index contributed by atoms with van der Waals surface area (Å²) in [7, 11) is 0. The van der Waals surface area contributed by atoms with Crippen molar-refractivity contribution >= 4 is 0 Å². The maximum absolute atomic E-state index is 12.4. The Labute approximate surface area is 109 Å². The predicted octanol–water partition coefficient (Wildman–Crippen LogP) is 4.39. The van der Waals surface area contributed by atoms with Crippen molar-refractivity contribution in [2.75, 3.05) is 0 Å². The molecule has 2 N–H and O–H groups in total. The van der Waals surface area contributed by atoms with E-state index < -0.39 is 11.7 Å². The monoisotopic (exact) mass is 265 g/mol. The van der Waals surface area contributed by atoms with E-state index in [2.05, 4.69) is 0 Å². The van der Waals surface area contributed by atoms with Crippen LogP contribution in [0.15, 0.2) is 48.5 Å². The van der Waals surface area contributed by atoms with E-state index in [0.717, 1.165) is 28.8 Å². The number of halogens is 3. The number of alkyl halides is 3. The molecule has 2 aromatic rings. The molecule has 1 atom stereocenters. The second-order valence-electron chi connectivity index (χ2n) is 4.49. The fraction of sp³-hybridized carbons (Fsp3) is 0.200. The molecule has 0 bridgehead atoms. The summed E-state index contributed by atoms with van der Waals surface area (Å²) >= 11 is 0. The smallest absolute Gasteiger partial charge is 0.324 e. The Bertz CT molecular complexity index is 539. The molecule has 0 radical (unpaired) electrons. The van der Waals surface area contributed by atoms with Crippen LogP contribution in [0.5, 0.6) is 0 Å². The molecule has 0 saturated heterocycles. The average molecular weight is 265 g/mol. The lowest BCUT2D eigenvalue weighted by Gasteiger charge is -2.09. The highest BCUT2D eigenvalue weighted by Gasteiger charge is 2.29. The van der Waals surface area contributed by atoms with Crippen molar-refractivity contribution in [2.45, 2.75) is 19.1 Å². The number of hydrogen-bond donors (Lipinski definition) is 1. The van der Waals surface area contributed by atoms with E-state index in [1.165, 1.54) is 12.1 Å². The van der Waals surface area contributed by atoms with E-state index in [4.69, 9.17) is 5.73 Å². The van der Waals surface area contributed by atoms with E-state index in [1.54, 1.807) is 0 Å². The molecule has 0 heterocycles. The number of hydrogen-bond acceptors (Lipinski definition) is 1. The van der Waals surface area contributed by atoms with Crippen LogP contribution in [0.1, 0.15) is 24.1 Å². The van der Waals surface area contributed by atoms with E-state index in [1.807, 2.05) is 31.2 Å². The molecule has 100 valence electrons. The molecule has 0 fully saturated rings. The molecular weight excluding hydrogens is 251 g/mol. The average Bonchev–Trinajstić information content (AvgIpc) is 2.38. The van der Waals surface area contributed by atoms with Gasteiger partial charge in [0.05, 0.1) is 5.56 Å². The fourth-order valence-corrected chi connectivity index (χ4v) is 1.83. The third-order valence-corrected chi connectivity index (χ3v) is 2.98. The standard InChI is InChI=1S/C15H14F3N/c1-10(19)11-2-4-12(5-3-11)13-6-8-14(9-7-13)15(16,17)18/h2-10H,19H2,1H3/t10-/m0/s1. The van der Waals surface area contributed by atoms with Gasteiger partial charge in [-0.05, 0) is 35.7 Å². The van der Waals surface area contributed by atoms with Crippen LogP contribution in [0.4, 0.5) is 13.2 Å². The molecule has 0 aliphatic heterocycles. The molecule has 0 aromatic heterocycles.